The van der Waals surface area contributed by atoms with Gasteiger partial charge in [-0.05, 0) is 17.5 Å². The summed E-state index contributed by atoms with van der Waals surface area (Å²) in [7, 11) is 1.80. The molecule has 6 heteroatoms. The number of ether oxygens (including phenoxy) is 1. The maximum absolute atomic E-state index is 5.38. The highest BCUT2D eigenvalue weighted by atomic mass is 127. The summed E-state index contributed by atoms with van der Waals surface area (Å²) >= 11 is 0. The molecule has 23 heavy (non-hydrogen) atoms. The number of nitrogens with one attached hydrogen (secondary N) is 2. The van der Waals surface area contributed by atoms with E-state index in [0.717, 1.165) is 58.3 Å². The first-order valence-electron chi connectivity index (χ1n) is 8.14. The molecule has 1 aliphatic rings. The van der Waals surface area contributed by atoms with Crippen LogP contribution in [0.2, 0.25) is 0 Å². The first-order chi connectivity index (χ1) is 10.8. The molecule has 5 nitrogen and oxygen atoms in total. The number of hydrogen-bond acceptors (Lipinski definition) is 3. The first-order valence-corrected chi connectivity index (χ1v) is 8.14. The first kappa shape index (κ1) is 20.2. The number of aliphatic imine (C=N–C) groups is 1. The van der Waals surface area contributed by atoms with Crippen molar-refractivity contribution < 1.29 is 4.74 Å². The molecule has 0 bridgehead atoms. The predicted molar refractivity (Wildman–Crippen MR) is 106 cm³/mol. The van der Waals surface area contributed by atoms with Crippen molar-refractivity contribution in [2.45, 2.75) is 26.4 Å². The number of rotatable bonds is 6. The van der Waals surface area contributed by atoms with Crippen LogP contribution in [0.4, 0.5) is 0 Å². The minimum Gasteiger partial charge on any atom is -0.379 e. The van der Waals surface area contributed by atoms with Gasteiger partial charge in [-0.3, -0.25) is 9.89 Å². The molecular weight excluding hydrogens is 403 g/mol. The Labute approximate surface area is 156 Å². The monoisotopic (exact) mass is 432 g/mol. The van der Waals surface area contributed by atoms with Crippen molar-refractivity contribution >= 4 is 29.9 Å². The van der Waals surface area contributed by atoms with Crippen molar-refractivity contribution in [2.24, 2.45) is 4.99 Å². The Morgan fingerprint density at radius 2 is 1.78 bits per heavy atom. The quantitative estimate of drug-likeness (QED) is 0.411. The Balaban J connectivity index is 0.00000264. The second-order valence-electron chi connectivity index (χ2n) is 5.56. The molecule has 0 saturated carbocycles. The van der Waals surface area contributed by atoms with Gasteiger partial charge in [0.1, 0.15) is 0 Å². The van der Waals surface area contributed by atoms with Crippen LogP contribution in [0.3, 0.4) is 0 Å². The van der Waals surface area contributed by atoms with Crippen molar-refractivity contribution in [1.29, 1.82) is 0 Å². The number of hydrogen-bond donors (Lipinski definition) is 2. The van der Waals surface area contributed by atoms with Gasteiger partial charge in [0.2, 0.25) is 0 Å². The van der Waals surface area contributed by atoms with Crippen LogP contribution in [0.5, 0.6) is 0 Å². The fraction of sp³-hybridized carbons (Fsp3) is 0.588. The Hall–Kier alpha value is -0.860. The zero-order chi connectivity index (χ0) is 15.6. The Morgan fingerprint density at radius 1 is 1.13 bits per heavy atom. The summed E-state index contributed by atoms with van der Waals surface area (Å²) in [5.41, 5.74) is 2.63. The highest BCUT2D eigenvalue weighted by molar-refractivity contribution is 14.0. The maximum atomic E-state index is 5.38. The Kier molecular flexibility index (Phi) is 10.2. The van der Waals surface area contributed by atoms with Gasteiger partial charge in [-0.2, -0.15) is 0 Å². The molecule has 2 N–H and O–H groups in total. The summed E-state index contributed by atoms with van der Waals surface area (Å²) < 4.78 is 5.38. The van der Waals surface area contributed by atoms with Gasteiger partial charge in [0, 0.05) is 39.8 Å². The van der Waals surface area contributed by atoms with E-state index in [4.69, 9.17) is 4.74 Å². The second-order valence-corrected chi connectivity index (χ2v) is 5.56. The molecule has 0 atom stereocenters. The van der Waals surface area contributed by atoms with Crippen molar-refractivity contribution in [3.05, 3.63) is 35.4 Å². The number of guanidine groups is 1. The van der Waals surface area contributed by atoms with Gasteiger partial charge < -0.3 is 15.4 Å². The summed E-state index contributed by atoms with van der Waals surface area (Å²) in [6.45, 7) is 8.66. The van der Waals surface area contributed by atoms with Gasteiger partial charge in [0.25, 0.3) is 0 Å². The number of halogens is 1. The van der Waals surface area contributed by atoms with Gasteiger partial charge >= 0.3 is 0 Å². The third-order valence-electron chi connectivity index (χ3n) is 3.76. The van der Waals surface area contributed by atoms with E-state index in [9.17, 15) is 0 Å². The van der Waals surface area contributed by atoms with Gasteiger partial charge in [0.05, 0.1) is 13.2 Å². The highest BCUT2D eigenvalue weighted by Gasteiger charge is 2.10. The van der Waals surface area contributed by atoms with E-state index in [-0.39, 0.29) is 24.0 Å². The highest BCUT2D eigenvalue weighted by Crippen LogP contribution is 2.09. The third-order valence-corrected chi connectivity index (χ3v) is 3.76. The van der Waals surface area contributed by atoms with Gasteiger partial charge in [0.15, 0.2) is 5.96 Å². The fourth-order valence-corrected chi connectivity index (χ4v) is 2.43. The molecule has 0 amide bonds. The van der Waals surface area contributed by atoms with Crippen LogP contribution < -0.4 is 10.6 Å². The van der Waals surface area contributed by atoms with Crippen LogP contribution in [0.15, 0.2) is 29.3 Å². The molecule has 1 aromatic carbocycles. The standard InChI is InChI=1S/C17H28N4O.HI/c1-3-8-19-17(18-2)20-13-15-4-6-16(7-5-15)14-21-9-11-22-12-10-21;/h4-7H,3,8-14H2,1-2H3,(H2,18,19,20);1H. The molecule has 1 aliphatic heterocycles. The molecule has 0 aromatic heterocycles. The lowest BCUT2D eigenvalue weighted by Crippen LogP contribution is -2.37. The average molecular weight is 432 g/mol. The normalized spacial score (nSPS) is 15.8. The fourth-order valence-electron chi connectivity index (χ4n) is 2.43. The molecular formula is C17H29IN4O. The van der Waals surface area contributed by atoms with Crippen molar-refractivity contribution in [3.63, 3.8) is 0 Å². The van der Waals surface area contributed by atoms with Crippen molar-refractivity contribution in [3.8, 4) is 0 Å². The zero-order valence-corrected chi connectivity index (χ0v) is 16.5. The van der Waals surface area contributed by atoms with Gasteiger partial charge in [-0.25, -0.2) is 0 Å². The van der Waals surface area contributed by atoms with E-state index < -0.39 is 0 Å². The Bertz CT molecular complexity index is 458. The minimum absolute atomic E-state index is 0. The number of benzene rings is 1. The van der Waals surface area contributed by atoms with Crippen molar-refractivity contribution in [1.82, 2.24) is 15.5 Å². The molecule has 0 spiro atoms. The summed E-state index contributed by atoms with van der Waals surface area (Å²) in [6, 6.07) is 8.81. The SMILES string of the molecule is CCCNC(=NC)NCc1ccc(CN2CCOCC2)cc1.I. The van der Waals surface area contributed by atoms with E-state index in [2.05, 4.69) is 51.7 Å². The summed E-state index contributed by atoms with van der Waals surface area (Å²) in [6.07, 6.45) is 1.09. The van der Waals surface area contributed by atoms with Crippen LogP contribution in [0.1, 0.15) is 24.5 Å². The predicted octanol–water partition coefficient (Wildman–Crippen LogP) is 2.21. The van der Waals surface area contributed by atoms with E-state index in [1.54, 1.807) is 7.05 Å². The maximum Gasteiger partial charge on any atom is 0.191 e. The van der Waals surface area contributed by atoms with E-state index in [1.807, 2.05) is 0 Å². The smallest absolute Gasteiger partial charge is 0.191 e. The Morgan fingerprint density at radius 3 is 2.39 bits per heavy atom. The molecule has 2 rings (SSSR count). The topological polar surface area (TPSA) is 48.9 Å². The van der Waals surface area contributed by atoms with Gasteiger partial charge in [-0.15, -0.1) is 24.0 Å². The van der Waals surface area contributed by atoms with E-state index in [1.165, 1.54) is 11.1 Å². The second kappa shape index (κ2) is 11.6. The molecule has 0 radical (unpaired) electrons. The molecule has 1 aromatic rings. The molecule has 1 heterocycles. The molecule has 0 aliphatic carbocycles. The minimum atomic E-state index is 0. The molecule has 1 fully saturated rings. The largest absolute Gasteiger partial charge is 0.379 e. The lowest BCUT2D eigenvalue weighted by atomic mass is 10.1. The zero-order valence-electron chi connectivity index (χ0n) is 14.2. The third kappa shape index (κ3) is 7.50. The lowest BCUT2D eigenvalue weighted by molar-refractivity contribution is 0.0342. The summed E-state index contributed by atoms with van der Waals surface area (Å²) in [4.78, 5) is 6.65. The number of nitrogens with zero attached hydrogens (tertiary/aromatic N) is 2. The van der Waals surface area contributed by atoms with Gasteiger partial charge in [-0.1, -0.05) is 31.2 Å². The van der Waals surface area contributed by atoms with Crippen LogP contribution in [0.25, 0.3) is 0 Å². The average Bonchev–Trinajstić information content (AvgIpc) is 2.57. The summed E-state index contributed by atoms with van der Waals surface area (Å²) in [5.74, 6) is 0.860. The van der Waals surface area contributed by atoms with E-state index in [0.29, 0.717) is 0 Å². The lowest BCUT2D eigenvalue weighted by Gasteiger charge is -2.26. The van der Waals surface area contributed by atoms with Crippen molar-refractivity contribution in [2.75, 3.05) is 39.9 Å². The van der Waals surface area contributed by atoms with Crippen LogP contribution in [-0.4, -0.2) is 50.8 Å². The number of morpholine rings is 1. The van der Waals surface area contributed by atoms with Crippen LogP contribution in [-0.2, 0) is 17.8 Å². The molecule has 0 unspecified atom stereocenters. The summed E-state index contributed by atoms with van der Waals surface area (Å²) in [5, 5.41) is 6.61. The van der Waals surface area contributed by atoms with Crippen LogP contribution in [0, 0.1) is 0 Å². The van der Waals surface area contributed by atoms with Crippen LogP contribution >= 0.6 is 24.0 Å². The van der Waals surface area contributed by atoms with E-state index >= 15 is 0 Å². The molecule has 1 saturated heterocycles. The molecule has 130 valence electrons.